The number of carbonyl (C=O) groups is 1. The van der Waals surface area contributed by atoms with Gasteiger partial charge in [0.1, 0.15) is 0 Å². The molecular formula is C28H30N4OS. The summed E-state index contributed by atoms with van der Waals surface area (Å²) in [7, 11) is 0. The van der Waals surface area contributed by atoms with Crippen LogP contribution < -0.4 is 5.32 Å². The van der Waals surface area contributed by atoms with Gasteiger partial charge in [0.25, 0.3) is 0 Å². The number of nitrogens with zero attached hydrogens (tertiary/aromatic N) is 3. The third-order valence-electron chi connectivity index (χ3n) is 5.60. The zero-order valence-corrected chi connectivity index (χ0v) is 21.1. The Morgan fingerprint density at radius 1 is 0.853 bits per heavy atom. The summed E-state index contributed by atoms with van der Waals surface area (Å²) < 4.78 is 2.02. The Morgan fingerprint density at radius 2 is 1.44 bits per heavy atom. The van der Waals surface area contributed by atoms with E-state index >= 15 is 0 Å². The van der Waals surface area contributed by atoms with Gasteiger partial charge in [-0.3, -0.25) is 9.36 Å². The molecule has 0 aliphatic carbocycles. The molecule has 1 amide bonds. The van der Waals surface area contributed by atoms with E-state index in [4.69, 9.17) is 0 Å². The molecule has 4 rings (SSSR count). The number of rotatable bonds is 6. The van der Waals surface area contributed by atoms with Gasteiger partial charge < -0.3 is 5.32 Å². The van der Waals surface area contributed by atoms with Gasteiger partial charge in [-0.1, -0.05) is 92.2 Å². The first kappa shape index (κ1) is 23.8. The van der Waals surface area contributed by atoms with Crippen molar-refractivity contribution in [1.82, 2.24) is 14.8 Å². The zero-order chi connectivity index (χ0) is 24.3. The number of carbonyl (C=O) groups excluding carboxylic acids is 1. The van der Waals surface area contributed by atoms with Crippen LogP contribution in [0.2, 0.25) is 0 Å². The number of benzene rings is 3. The summed E-state index contributed by atoms with van der Waals surface area (Å²) in [6, 6.07) is 24.5. The fourth-order valence-electron chi connectivity index (χ4n) is 3.56. The molecule has 6 heteroatoms. The highest BCUT2D eigenvalue weighted by Crippen LogP contribution is 2.30. The Labute approximate surface area is 205 Å². The molecule has 0 unspecified atom stereocenters. The van der Waals surface area contributed by atoms with Crippen molar-refractivity contribution in [3.8, 4) is 17.1 Å². The van der Waals surface area contributed by atoms with E-state index in [0.29, 0.717) is 5.16 Å². The molecule has 3 aromatic carbocycles. The Balaban J connectivity index is 1.61. The Morgan fingerprint density at radius 3 is 2.03 bits per heavy atom. The number of aryl methyl sites for hydroxylation is 2. The molecule has 0 aliphatic rings. The lowest BCUT2D eigenvalue weighted by Gasteiger charge is -2.19. The first-order valence-electron chi connectivity index (χ1n) is 11.3. The zero-order valence-electron chi connectivity index (χ0n) is 20.3. The second-order valence-corrected chi connectivity index (χ2v) is 10.4. The molecule has 174 valence electrons. The van der Waals surface area contributed by atoms with Crippen molar-refractivity contribution < 1.29 is 4.79 Å². The van der Waals surface area contributed by atoms with E-state index in [1.807, 2.05) is 35.8 Å². The van der Waals surface area contributed by atoms with Gasteiger partial charge in [0.05, 0.1) is 5.75 Å². The molecule has 34 heavy (non-hydrogen) atoms. The molecule has 0 atom stereocenters. The van der Waals surface area contributed by atoms with Gasteiger partial charge in [0.2, 0.25) is 5.91 Å². The van der Waals surface area contributed by atoms with E-state index in [2.05, 4.69) is 91.7 Å². The fraction of sp³-hybridized carbons (Fsp3) is 0.250. The van der Waals surface area contributed by atoms with Crippen LogP contribution in [0.3, 0.4) is 0 Å². The van der Waals surface area contributed by atoms with Crippen LogP contribution in [0.5, 0.6) is 0 Å². The van der Waals surface area contributed by atoms with Crippen molar-refractivity contribution in [2.24, 2.45) is 0 Å². The van der Waals surface area contributed by atoms with Crippen molar-refractivity contribution in [1.29, 1.82) is 0 Å². The lowest BCUT2D eigenvalue weighted by atomic mass is 9.87. The van der Waals surface area contributed by atoms with Crippen LogP contribution in [0.1, 0.15) is 37.5 Å². The second-order valence-electron chi connectivity index (χ2n) is 9.51. The minimum atomic E-state index is -0.0802. The van der Waals surface area contributed by atoms with Gasteiger partial charge in [-0.05, 0) is 49.1 Å². The maximum atomic E-state index is 12.6. The highest BCUT2D eigenvalue weighted by atomic mass is 32.2. The van der Waals surface area contributed by atoms with Gasteiger partial charge in [0.15, 0.2) is 11.0 Å². The molecule has 1 heterocycles. The van der Waals surface area contributed by atoms with Crippen LogP contribution in [0, 0.1) is 13.8 Å². The van der Waals surface area contributed by atoms with Crippen LogP contribution in [0.15, 0.2) is 78.0 Å². The average molecular weight is 471 g/mol. The van der Waals surface area contributed by atoms with E-state index in [0.717, 1.165) is 28.3 Å². The number of hydrogen-bond donors (Lipinski definition) is 1. The molecule has 0 aliphatic heterocycles. The minimum absolute atomic E-state index is 0.0784. The Kier molecular flexibility index (Phi) is 6.89. The lowest BCUT2D eigenvalue weighted by Crippen LogP contribution is -2.14. The van der Waals surface area contributed by atoms with Gasteiger partial charge >= 0.3 is 0 Å². The van der Waals surface area contributed by atoms with E-state index in [1.165, 1.54) is 22.9 Å². The average Bonchev–Trinajstić information content (AvgIpc) is 3.23. The quantitative estimate of drug-likeness (QED) is 0.323. The standard InChI is InChI=1S/C28H30N4OS/c1-19-6-14-23(15-7-19)29-25(33)18-34-27-31-30-26(32(27)24-16-8-20(2)9-17-24)21-10-12-22(13-11-21)28(3,4)5/h6-17H,18H2,1-5H3,(H,29,33). The molecule has 1 aromatic heterocycles. The molecule has 5 nitrogen and oxygen atoms in total. The molecule has 0 bridgehead atoms. The first-order chi connectivity index (χ1) is 16.2. The first-order valence-corrected chi connectivity index (χ1v) is 12.3. The second kappa shape index (κ2) is 9.85. The number of thioether (sulfide) groups is 1. The smallest absolute Gasteiger partial charge is 0.234 e. The number of hydrogen-bond acceptors (Lipinski definition) is 4. The van der Waals surface area contributed by atoms with Crippen molar-refractivity contribution >= 4 is 23.4 Å². The number of anilines is 1. The van der Waals surface area contributed by atoms with Crippen LogP contribution in [0.25, 0.3) is 17.1 Å². The maximum absolute atomic E-state index is 12.6. The normalized spacial score (nSPS) is 11.4. The van der Waals surface area contributed by atoms with Crippen LogP contribution in [-0.2, 0) is 10.2 Å². The third-order valence-corrected chi connectivity index (χ3v) is 6.53. The molecule has 0 fully saturated rings. The Hall–Kier alpha value is -3.38. The van der Waals surface area contributed by atoms with E-state index in [1.54, 1.807) is 0 Å². The number of nitrogens with one attached hydrogen (secondary N) is 1. The van der Waals surface area contributed by atoms with Gasteiger partial charge in [-0.25, -0.2) is 0 Å². The topological polar surface area (TPSA) is 59.8 Å². The van der Waals surface area contributed by atoms with Crippen molar-refractivity contribution in [3.63, 3.8) is 0 Å². The Bertz CT molecular complexity index is 1270. The summed E-state index contributed by atoms with van der Waals surface area (Å²) >= 11 is 1.38. The molecule has 0 saturated heterocycles. The predicted octanol–water partition coefficient (Wildman–Crippen LogP) is 6.58. The van der Waals surface area contributed by atoms with E-state index < -0.39 is 0 Å². The predicted molar refractivity (Wildman–Crippen MR) is 141 cm³/mol. The summed E-state index contributed by atoms with van der Waals surface area (Å²) in [5.74, 6) is 0.912. The fourth-order valence-corrected chi connectivity index (χ4v) is 4.31. The van der Waals surface area contributed by atoms with Gasteiger partial charge in [-0.15, -0.1) is 10.2 Å². The van der Waals surface area contributed by atoms with E-state index in [-0.39, 0.29) is 17.1 Å². The summed E-state index contributed by atoms with van der Waals surface area (Å²) in [5, 5.41) is 12.6. The monoisotopic (exact) mass is 470 g/mol. The van der Waals surface area contributed by atoms with Crippen molar-refractivity contribution in [3.05, 3.63) is 89.5 Å². The van der Waals surface area contributed by atoms with E-state index in [9.17, 15) is 4.79 Å². The van der Waals surface area contributed by atoms with Crippen LogP contribution >= 0.6 is 11.8 Å². The highest BCUT2D eigenvalue weighted by molar-refractivity contribution is 7.99. The summed E-state index contributed by atoms with van der Waals surface area (Å²) in [6.45, 7) is 10.7. The SMILES string of the molecule is Cc1ccc(NC(=O)CSc2nnc(-c3ccc(C(C)(C)C)cc3)n2-c2ccc(C)cc2)cc1. The summed E-state index contributed by atoms with van der Waals surface area (Å²) in [4.78, 5) is 12.6. The van der Waals surface area contributed by atoms with Crippen molar-refractivity contribution in [2.75, 3.05) is 11.1 Å². The third kappa shape index (κ3) is 5.57. The molecule has 0 radical (unpaired) electrons. The number of amides is 1. The minimum Gasteiger partial charge on any atom is -0.325 e. The van der Waals surface area contributed by atoms with Crippen LogP contribution in [0.4, 0.5) is 5.69 Å². The molecule has 4 aromatic rings. The molecule has 0 saturated carbocycles. The maximum Gasteiger partial charge on any atom is 0.234 e. The van der Waals surface area contributed by atoms with Gasteiger partial charge in [-0.2, -0.15) is 0 Å². The molecule has 1 N–H and O–H groups in total. The highest BCUT2D eigenvalue weighted by Gasteiger charge is 2.19. The largest absolute Gasteiger partial charge is 0.325 e. The van der Waals surface area contributed by atoms with Crippen molar-refractivity contribution in [2.45, 2.75) is 45.2 Å². The van der Waals surface area contributed by atoms with Gasteiger partial charge in [0, 0.05) is 16.9 Å². The summed E-state index contributed by atoms with van der Waals surface area (Å²) in [5.41, 5.74) is 6.41. The molecule has 0 spiro atoms. The van der Waals surface area contributed by atoms with Crippen LogP contribution in [-0.4, -0.2) is 26.4 Å². The summed E-state index contributed by atoms with van der Waals surface area (Å²) in [6.07, 6.45) is 0. The lowest BCUT2D eigenvalue weighted by molar-refractivity contribution is -0.113. The molecular weight excluding hydrogens is 440 g/mol. The number of aromatic nitrogens is 3.